The third kappa shape index (κ3) is 4.22. The van der Waals surface area contributed by atoms with Crippen LogP contribution in [0.25, 0.3) is 0 Å². The summed E-state index contributed by atoms with van der Waals surface area (Å²) >= 11 is -4.39. The second-order valence-electron chi connectivity index (χ2n) is 7.79. The van der Waals surface area contributed by atoms with Gasteiger partial charge < -0.3 is 0 Å². The Hall–Kier alpha value is 0.426. The second kappa shape index (κ2) is 5.82. The van der Waals surface area contributed by atoms with Crippen LogP contribution in [0.5, 0.6) is 0 Å². The quantitative estimate of drug-likeness (QED) is 0.705. The number of rotatable bonds is 4. The number of carbonyl (C=O) groups excluding carboxylic acids is 2. The predicted octanol–water partition coefficient (Wildman–Crippen LogP) is 3.69. The van der Waals surface area contributed by atoms with E-state index in [1.807, 2.05) is 0 Å². The van der Waals surface area contributed by atoms with Gasteiger partial charge in [-0.25, -0.2) is 0 Å². The van der Waals surface area contributed by atoms with Gasteiger partial charge in [-0.15, -0.1) is 0 Å². The van der Waals surface area contributed by atoms with E-state index in [9.17, 15) is 9.59 Å². The normalized spacial score (nSPS) is 25.9. The average molecular weight is 374 g/mol. The Morgan fingerprint density at radius 3 is 1.39 bits per heavy atom. The summed E-state index contributed by atoms with van der Waals surface area (Å²) in [7, 11) is 0. The van der Waals surface area contributed by atoms with E-state index in [1.54, 1.807) is 0 Å². The van der Waals surface area contributed by atoms with Crippen LogP contribution in [0.2, 0.25) is 34.5 Å². The van der Waals surface area contributed by atoms with Gasteiger partial charge >= 0.3 is 117 Å². The van der Waals surface area contributed by atoms with Gasteiger partial charge in [0.2, 0.25) is 0 Å². The molecule has 1 fully saturated rings. The van der Waals surface area contributed by atoms with E-state index >= 15 is 0 Å². The molecule has 0 aliphatic heterocycles. The predicted molar refractivity (Wildman–Crippen MR) is 82.2 cm³/mol. The molecule has 4 heteroatoms. The molecule has 2 atom stereocenters. The van der Waals surface area contributed by atoms with Crippen molar-refractivity contribution in [2.24, 2.45) is 11.8 Å². The maximum atomic E-state index is 12.4. The van der Waals surface area contributed by atoms with Crippen molar-refractivity contribution in [2.75, 3.05) is 0 Å². The van der Waals surface area contributed by atoms with E-state index in [-0.39, 0.29) is 11.8 Å². The molecule has 0 aromatic carbocycles. The van der Waals surface area contributed by atoms with Gasteiger partial charge in [0, 0.05) is 0 Å². The molecule has 0 aromatic rings. The summed E-state index contributed by atoms with van der Waals surface area (Å²) in [5.41, 5.74) is 0. The van der Waals surface area contributed by atoms with E-state index in [0.29, 0.717) is 9.23 Å². The van der Waals surface area contributed by atoms with E-state index in [2.05, 4.69) is 34.5 Å². The third-order valence-corrected chi connectivity index (χ3v) is 11.8. The first-order chi connectivity index (χ1) is 8.03. The van der Waals surface area contributed by atoms with Crippen LogP contribution in [-0.2, 0) is 9.59 Å². The molecule has 1 aliphatic rings. The summed E-state index contributed by atoms with van der Waals surface area (Å²) in [4.78, 5) is 24.8. The molecule has 1 rings (SSSR count). The molecule has 2 nitrogen and oxygen atoms in total. The minimum atomic E-state index is -2.19. The molecular formula is C14H28Ge2O2. The summed E-state index contributed by atoms with van der Waals surface area (Å²) < 4.78 is 1.07. The molecule has 0 N–H and O–H groups in total. The van der Waals surface area contributed by atoms with Gasteiger partial charge in [-0.05, 0) is 0 Å². The van der Waals surface area contributed by atoms with Crippen LogP contribution in [0.4, 0.5) is 0 Å². The maximum absolute atomic E-state index is 12.4. The second-order valence-corrected chi connectivity index (χ2v) is 28.7. The molecule has 0 radical (unpaired) electrons. The molecule has 104 valence electrons. The first-order valence-corrected chi connectivity index (χ1v) is 21.8. The van der Waals surface area contributed by atoms with Crippen molar-refractivity contribution in [1.82, 2.24) is 0 Å². The molecule has 1 saturated carbocycles. The van der Waals surface area contributed by atoms with E-state index in [1.165, 1.54) is 0 Å². The fourth-order valence-electron chi connectivity index (χ4n) is 2.89. The first-order valence-electron chi connectivity index (χ1n) is 7.12. The van der Waals surface area contributed by atoms with Gasteiger partial charge in [-0.1, -0.05) is 0 Å². The first kappa shape index (κ1) is 16.5. The van der Waals surface area contributed by atoms with E-state index < -0.39 is 26.5 Å². The van der Waals surface area contributed by atoms with Crippen LogP contribution < -0.4 is 0 Å². The minimum absolute atomic E-state index is 0.206. The van der Waals surface area contributed by atoms with E-state index in [0.717, 1.165) is 25.7 Å². The third-order valence-electron chi connectivity index (χ3n) is 3.89. The van der Waals surface area contributed by atoms with Crippen LogP contribution in [0, 0.1) is 11.8 Å². The van der Waals surface area contributed by atoms with Crippen molar-refractivity contribution in [2.45, 2.75) is 60.2 Å². The van der Waals surface area contributed by atoms with Gasteiger partial charge in [0.15, 0.2) is 0 Å². The van der Waals surface area contributed by atoms with Crippen LogP contribution in [0.1, 0.15) is 25.7 Å². The zero-order valence-electron chi connectivity index (χ0n) is 12.8. The molecule has 0 bridgehead atoms. The molecule has 0 aromatic heterocycles. The SMILES string of the molecule is [CH3][Ge]([CH3])([CH3])[C](=O)C1CCCC([C](=O)[Ge]([CH3])([CH3])[CH3])C1. The number of hydrogen-bond donors (Lipinski definition) is 0. The Labute approximate surface area is 117 Å². The van der Waals surface area contributed by atoms with Crippen LogP contribution in [0.3, 0.4) is 0 Å². The molecule has 0 heterocycles. The fraction of sp³-hybridized carbons (Fsp3) is 0.857. The van der Waals surface area contributed by atoms with E-state index in [4.69, 9.17) is 0 Å². The monoisotopic (exact) mass is 376 g/mol. The van der Waals surface area contributed by atoms with Gasteiger partial charge in [-0.3, -0.25) is 0 Å². The van der Waals surface area contributed by atoms with Crippen molar-refractivity contribution in [3.05, 3.63) is 0 Å². The summed E-state index contributed by atoms with van der Waals surface area (Å²) in [6, 6.07) is 0. The van der Waals surface area contributed by atoms with Crippen molar-refractivity contribution >= 4 is 35.8 Å². The van der Waals surface area contributed by atoms with Crippen molar-refractivity contribution < 1.29 is 9.59 Å². The van der Waals surface area contributed by atoms with Gasteiger partial charge in [0.25, 0.3) is 0 Å². The Balaban J connectivity index is 2.74. The van der Waals surface area contributed by atoms with Crippen LogP contribution in [0.15, 0.2) is 0 Å². The number of hydrogen-bond acceptors (Lipinski definition) is 2. The van der Waals surface area contributed by atoms with Gasteiger partial charge in [0.1, 0.15) is 0 Å². The molecule has 0 saturated heterocycles. The van der Waals surface area contributed by atoms with Crippen molar-refractivity contribution in [1.29, 1.82) is 0 Å². The van der Waals surface area contributed by atoms with Crippen LogP contribution >= 0.6 is 0 Å². The Bertz CT molecular complexity index is 305. The summed E-state index contributed by atoms with van der Waals surface area (Å²) in [5.74, 6) is 13.5. The molecule has 18 heavy (non-hydrogen) atoms. The topological polar surface area (TPSA) is 34.1 Å². The fourth-order valence-corrected chi connectivity index (χ4v) is 9.13. The molecule has 1 aliphatic carbocycles. The summed E-state index contributed by atoms with van der Waals surface area (Å²) in [6.07, 6.45) is 4.00. The molecule has 0 spiro atoms. The average Bonchev–Trinajstić information content (AvgIpc) is 2.24. The van der Waals surface area contributed by atoms with Gasteiger partial charge in [0.05, 0.1) is 0 Å². The standard InChI is InChI=1S/C14H28Ge2O2/c1-15(2,3)13(17)11-8-7-9-12(10-11)14(18)16(4,5)6/h11-12H,7-10H2,1-6H3. The Morgan fingerprint density at radius 2 is 1.11 bits per heavy atom. The zero-order chi connectivity index (χ0) is 14.1. The molecule has 0 amide bonds. The number of carbonyl (C=O) groups is 2. The Morgan fingerprint density at radius 1 is 0.778 bits per heavy atom. The molecule has 2 unspecified atom stereocenters. The molecular weight excluding hydrogens is 345 g/mol. The van der Waals surface area contributed by atoms with Crippen molar-refractivity contribution in [3.63, 3.8) is 0 Å². The van der Waals surface area contributed by atoms with Crippen LogP contribution in [-0.4, -0.2) is 35.8 Å². The zero-order valence-corrected chi connectivity index (χ0v) is 17.0. The Kier molecular flexibility index (Phi) is 5.33. The summed E-state index contributed by atoms with van der Waals surface area (Å²) in [6.45, 7) is 0. The van der Waals surface area contributed by atoms with Gasteiger partial charge in [-0.2, -0.15) is 0 Å². The van der Waals surface area contributed by atoms with Crippen molar-refractivity contribution in [3.8, 4) is 0 Å². The summed E-state index contributed by atoms with van der Waals surface area (Å²) in [5, 5.41) is 0.